The number of hydrogen-bond acceptors (Lipinski definition) is 1. The Morgan fingerprint density at radius 1 is 0.769 bits per heavy atom. The van der Waals surface area contributed by atoms with Gasteiger partial charge >= 0.3 is 0 Å². The van der Waals surface area contributed by atoms with Crippen molar-refractivity contribution < 1.29 is 0 Å². The van der Waals surface area contributed by atoms with Crippen LogP contribution in [-0.2, 0) is 0 Å². The largest absolute Gasteiger partial charge is 0.315 e. The van der Waals surface area contributed by atoms with Gasteiger partial charge < -0.3 is 4.90 Å². The zero-order chi connectivity index (χ0) is 27.0. The molecule has 3 heteroatoms. The first-order valence-electron chi connectivity index (χ1n) is 14.2. The fourth-order valence-corrected chi connectivity index (χ4v) is 8.09. The third-order valence-corrected chi connectivity index (χ3v) is 9.21. The van der Waals surface area contributed by atoms with E-state index in [1.54, 1.807) is 0 Å². The maximum absolute atomic E-state index is 3.63. The number of rotatable bonds is 2. The molecule has 1 atom stereocenters. The normalized spacial score (nSPS) is 17.1. The fourth-order valence-electron chi connectivity index (χ4n) is 8.09. The molecule has 0 aromatic heterocycles. The molecule has 0 saturated carbocycles. The van der Waals surface area contributed by atoms with Crippen molar-refractivity contribution in [2.24, 2.45) is 0 Å². The number of para-hydroxylation sites is 1. The minimum atomic E-state index is 0.216. The van der Waals surface area contributed by atoms with E-state index in [-0.39, 0.29) is 13.4 Å². The van der Waals surface area contributed by atoms with Gasteiger partial charge in [0.25, 0.3) is 0 Å². The highest BCUT2D eigenvalue weighted by molar-refractivity contribution is 6.95. The van der Waals surface area contributed by atoms with Crippen LogP contribution >= 0.6 is 0 Å². The first kappa shape index (κ1) is 24.2. The van der Waals surface area contributed by atoms with Crippen molar-refractivity contribution >= 4 is 46.7 Å². The molecular formula is C36H33B2N. The molecule has 0 N–H and O–H groups in total. The molecule has 3 aliphatic rings. The molecule has 0 amide bonds. The standard InChI is InChI=1S/C36H33B2N/c1-22-18-24(3)34(25(4)19-22)37-28-12-7-9-16-32(28)39-33-17-10-8-13-29(33)38(31-15-11-14-30(37)36(31)39)35-26(5)20-23(2)21-27(35)6/h7,9-12,14,16-21,31H,15H2,1-6H3. The van der Waals surface area contributed by atoms with Gasteiger partial charge in [-0.2, -0.15) is 0 Å². The van der Waals surface area contributed by atoms with Gasteiger partial charge in [0.15, 0.2) is 0 Å². The van der Waals surface area contributed by atoms with Crippen molar-refractivity contribution in [1.82, 2.24) is 0 Å². The lowest BCUT2D eigenvalue weighted by Gasteiger charge is -2.48. The maximum Gasteiger partial charge on any atom is 0.246 e. The zero-order valence-corrected chi connectivity index (χ0v) is 23.8. The van der Waals surface area contributed by atoms with Crippen LogP contribution in [0.3, 0.4) is 0 Å². The molecule has 2 heterocycles. The molecule has 4 aromatic carbocycles. The van der Waals surface area contributed by atoms with E-state index in [2.05, 4.69) is 125 Å². The van der Waals surface area contributed by atoms with Crippen LogP contribution in [0.1, 0.15) is 39.8 Å². The molecule has 0 saturated heterocycles. The molecular weight excluding hydrogens is 468 g/mol. The minimum Gasteiger partial charge on any atom is -0.315 e. The Balaban J connectivity index is 1.57. The van der Waals surface area contributed by atoms with Gasteiger partial charge in [0, 0.05) is 17.1 Å². The Morgan fingerprint density at radius 2 is 1.41 bits per heavy atom. The second-order valence-electron chi connectivity index (χ2n) is 11.9. The summed E-state index contributed by atoms with van der Waals surface area (Å²) in [4.78, 5) is 2.57. The lowest BCUT2D eigenvalue weighted by Crippen LogP contribution is -2.60. The van der Waals surface area contributed by atoms with E-state index in [4.69, 9.17) is 0 Å². The Labute approximate surface area is 234 Å². The minimum absolute atomic E-state index is 0.216. The van der Waals surface area contributed by atoms with E-state index >= 15 is 0 Å². The second kappa shape index (κ2) is 8.82. The summed E-state index contributed by atoms with van der Waals surface area (Å²) in [7, 11) is 0. The third kappa shape index (κ3) is 3.51. The second-order valence-corrected chi connectivity index (χ2v) is 11.9. The lowest BCUT2D eigenvalue weighted by molar-refractivity contribution is 0.881. The van der Waals surface area contributed by atoms with E-state index in [1.165, 1.54) is 77.8 Å². The quantitative estimate of drug-likeness (QED) is 0.322. The zero-order valence-electron chi connectivity index (χ0n) is 23.8. The van der Waals surface area contributed by atoms with Crippen molar-refractivity contribution in [2.75, 3.05) is 4.90 Å². The van der Waals surface area contributed by atoms with Crippen molar-refractivity contribution in [3.05, 3.63) is 129 Å². The topological polar surface area (TPSA) is 3.24 Å². The molecule has 0 radical (unpaired) electrons. The van der Waals surface area contributed by atoms with Crippen molar-refractivity contribution in [3.8, 4) is 0 Å². The number of anilines is 2. The molecule has 39 heavy (non-hydrogen) atoms. The molecule has 7 rings (SSSR count). The lowest BCUT2D eigenvalue weighted by atomic mass is 9.26. The van der Waals surface area contributed by atoms with Crippen LogP contribution in [0.15, 0.2) is 84.0 Å². The van der Waals surface area contributed by atoms with E-state index in [9.17, 15) is 0 Å². The summed E-state index contributed by atoms with van der Waals surface area (Å²) in [6.07, 6.45) is 5.90. The summed E-state index contributed by atoms with van der Waals surface area (Å²) in [5, 5.41) is 0. The van der Waals surface area contributed by atoms with Crippen LogP contribution in [0.4, 0.5) is 11.4 Å². The Morgan fingerprint density at radius 3 is 2.10 bits per heavy atom. The van der Waals surface area contributed by atoms with Crippen molar-refractivity contribution in [1.29, 1.82) is 0 Å². The number of aryl methyl sites for hydroxylation is 6. The molecule has 1 aliphatic carbocycles. The molecule has 1 unspecified atom stereocenters. The average molecular weight is 501 g/mol. The predicted molar refractivity (Wildman–Crippen MR) is 169 cm³/mol. The van der Waals surface area contributed by atoms with Gasteiger partial charge in [-0.25, -0.2) is 0 Å². The van der Waals surface area contributed by atoms with E-state index in [0.29, 0.717) is 5.82 Å². The summed E-state index contributed by atoms with van der Waals surface area (Å²) in [6, 6.07) is 29.7. The van der Waals surface area contributed by atoms with E-state index in [1.807, 2.05) is 6.07 Å². The molecule has 2 aliphatic heterocycles. The van der Waals surface area contributed by atoms with Crippen LogP contribution in [0.25, 0.3) is 0 Å². The van der Waals surface area contributed by atoms with Crippen LogP contribution in [0.2, 0.25) is 5.82 Å². The molecule has 188 valence electrons. The van der Waals surface area contributed by atoms with Gasteiger partial charge in [-0.1, -0.05) is 111 Å². The summed E-state index contributed by atoms with van der Waals surface area (Å²) in [5.74, 6) is 0.339. The fraction of sp³-hybridized carbons (Fsp3) is 0.222. The summed E-state index contributed by atoms with van der Waals surface area (Å²) < 4.78 is 0. The molecule has 1 nitrogen and oxygen atoms in total. The molecule has 0 fully saturated rings. The van der Waals surface area contributed by atoms with Gasteiger partial charge in [0.2, 0.25) is 13.4 Å². The van der Waals surface area contributed by atoms with E-state index in [0.717, 1.165) is 6.42 Å². The number of fused-ring (bicyclic) bond motifs is 4. The van der Waals surface area contributed by atoms with Gasteiger partial charge in [0.05, 0.1) is 0 Å². The van der Waals surface area contributed by atoms with E-state index < -0.39 is 0 Å². The SMILES string of the molecule is Cc1cc(C)c(B2C3=C4C(CC=C3)B(c3c(C)cc(C)cc3C)c3c#cccc3N4c3ccccc32)c(C)c1. The number of benzene rings is 3. The van der Waals surface area contributed by atoms with Crippen LogP contribution in [-0.4, -0.2) is 13.4 Å². The molecule has 4 aromatic rings. The van der Waals surface area contributed by atoms with Crippen LogP contribution in [0.5, 0.6) is 0 Å². The average Bonchev–Trinajstić information content (AvgIpc) is 2.90. The van der Waals surface area contributed by atoms with Crippen LogP contribution in [0, 0.1) is 53.7 Å². The first-order valence-corrected chi connectivity index (χ1v) is 14.2. The van der Waals surface area contributed by atoms with Crippen LogP contribution < -0.4 is 26.8 Å². The Kier molecular flexibility index (Phi) is 5.47. The van der Waals surface area contributed by atoms with Crippen molar-refractivity contribution in [3.63, 3.8) is 0 Å². The summed E-state index contributed by atoms with van der Waals surface area (Å²) >= 11 is 0. The third-order valence-electron chi connectivity index (χ3n) is 9.21. The number of hydrogen-bond donors (Lipinski definition) is 0. The predicted octanol–water partition coefficient (Wildman–Crippen LogP) is 5.64. The number of nitrogens with zero attached hydrogens (tertiary/aromatic N) is 1. The Hall–Kier alpha value is -3.89. The molecule has 0 bridgehead atoms. The highest BCUT2D eigenvalue weighted by Gasteiger charge is 2.49. The molecule has 0 spiro atoms. The van der Waals surface area contributed by atoms with Gasteiger partial charge in [0.1, 0.15) is 0 Å². The Bertz CT molecular complexity index is 1680. The smallest absolute Gasteiger partial charge is 0.246 e. The monoisotopic (exact) mass is 501 g/mol. The summed E-state index contributed by atoms with van der Waals surface area (Å²) in [5.41, 5.74) is 19.2. The van der Waals surface area contributed by atoms with Gasteiger partial charge in [-0.3, -0.25) is 0 Å². The maximum atomic E-state index is 3.63. The van der Waals surface area contributed by atoms with Gasteiger partial charge in [-0.15, -0.1) is 0 Å². The summed E-state index contributed by atoms with van der Waals surface area (Å²) in [6.45, 7) is 14.1. The van der Waals surface area contributed by atoms with Gasteiger partial charge in [-0.05, 0) is 88.4 Å². The highest BCUT2D eigenvalue weighted by atomic mass is 15.2. The number of allylic oxidation sites excluding steroid dienone is 4. The van der Waals surface area contributed by atoms with Crippen molar-refractivity contribution in [2.45, 2.75) is 53.8 Å². The first-order chi connectivity index (χ1) is 18.8. The highest BCUT2D eigenvalue weighted by Crippen LogP contribution is 2.48.